The van der Waals surface area contributed by atoms with Gasteiger partial charge in [-0.05, 0) is 44.2 Å². The number of anilines is 1. The van der Waals surface area contributed by atoms with Crippen molar-refractivity contribution in [2.45, 2.75) is 52.2 Å². The molecule has 106 valence electrons. The Labute approximate surface area is 115 Å². The average Bonchev–Trinajstić information content (AvgIpc) is 3.12. The second-order valence-corrected chi connectivity index (χ2v) is 5.96. The third kappa shape index (κ3) is 3.47. The van der Waals surface area contributed by atoms with Gasteiger partial charge in [-0.25, -0.2) is 4.39 Å². The average molecular weight is 265 g/mol. The number of hydrogen-bond donors (Lipinski definition) is 1. The molecule has 2 rings (SSSR count). The van der Waals surface area contributed by atoms with Crippen LogP contribution in [0.25, 0.3) is 0 Å². The highest BCUT2D eigenvalue weighted by Gasteiger charge is 2.31. The number of halogens is 1. The van der Waals surface area contributed by atoms with Crippen LogP contribution in [0.5, 0.6) is 0 Å². The first-order chi connectivity index (χ1) is 9.00. The molecule has 0 aromatic heterocycles. The minimum atomic E-state index is -0.767. The summed E-state index contributed by atoms with van der Waals surface area (Å²) in [6, 6.07) is 5.63. The summed E-state index contributed by atoms with van der Waals surface area (Å²) < 4.78 is 14.0. The van der Waals surface area contributed by atoms with Crippen molar-refractivity contribution in [1.29, 1.82) is 0 Å². The Bertz CT molecular complexity index is 427. The van der Waals surface area contributed by atoms with E-state index in [2.05, 4.69) is 18.7 Å². The maximum atomic E-state index is 14.0. The second-order valence-electron chi connectivity index (χ2n) is 5.96. The van der Waals surface area contributed by atoms with Gasteiger partial charge in [-0.3, -0.25) is 0 Å². The van der Waals surface area contributed by atoms with Gasteiger partial charge in [0.25, 0.3) is 0 Å². The van der Waals surface area contributed by atoms with Gasteiger partial charge in [0.05, 0.1) is 6.10 Å². The Morgan fingerprint density at radius 2 is 2.00 bits per heavy atom. The predicted octanol–water partition coefficient (Wildman–Crippen LogP) is 3.89. The molecule has 3 heteroatoms. The largest absolute Gasteiger partial charge is 0.389 e. The fourth-order valence-corrected chi connectivity index (χ4v) is 2.47. The first kappa shape index (κ1) is 14.3. The first-order valence-corrected chi connectivity index (χ1v) is 7.23. The molecule has 0 aliphatic heterocycles. The van der Waals surface area contributed by atoms with Crippen LogP contribution >= 0.6 is 0 Å². The minimum Gasteiger partial charge on any atom is -0.389 e. The topological polar surface area (TPSA) is 23.5 Å². The number of nitrogens with zero attached hydrogens (tertiary/aromatic N) is 1. The predicted molar refractivity (Wildman–Crippen MR) is 76.9 cm³/mol. The lowest BCUT2D eigenvalue weighted by Gasteiger charge is -2.29. The lowest BCUT2D eigenvalue weighted by molar-refractivity contribution is 0.194. The van der Waals surface area contributed by atoms with E-state index in [1.165, 1.54) is 18.9 Å². The van der Waals surface area contributed by atoms with E-state index in [1.54, 1.807) is 13.0 Å². The lowest BCUT2D eigenvalue weighted by atomic mass is 10.0. The molecule has 1 aliphatic carbocycles. The number of aliphatic hydroxyl groups excluding tert-OH is 1. The van der Waals surface area contributed by atoms with Crippen molar-refractivity contribution in [3.05, 3.63) is 29.6 Å². The molecule has 1 saturated carbocycles. The SMILES string of the molecule is CC(C)CCN(c1cccc(F)c1[C@@H](C)O)C1CC1. The van der Waals surface area contributed by atoms with Crippen LogP contribution in [-0.4, -0.2) is 17.7 Å². The highest BCUT2D eigenvalue weighted by molar-refractivity contribution is 5.56. The molecular formula is C16H24FNO. The maximum Gasteiger partial charge on any atom is 0.131 e. The molecule has 0 radical (unpaired) electrons. The van der Waals surface area contributed by atoms with Crippen LogP contribution in [-0.2, 0) is 0 Å². The van der Waals surface area contributed by atoms with Crippen molar-refractivity contribution in [2.24, 2.45) is 5.92 Å². The van der Waals surface area contributed by atoms with Crippen LogP contribution in [0.3, 0.4) is 0 Å². The molecule has 19 heavy (non-hydrogen) atoms. The van der Waals surface area contributed by atoms with Crippen molar-refractivity contribution < 1.29 is 9.50 Å². The van der Waals surface area contributed by atoms with E-state index in [4.69, 9.17) is 0 Å². The molecular weight excluding hydrogens is 241 g/mol. The summed E-state index contributed by atoms with van der Waals surface area (Å²) in [5.74, 6) is 0.326. The van der Waals surface area contributed by atoms with Crippen LogP contribution < -0.4 is 4.90 Å². The standard InChI is InChI=1S/C16H24FNO/c1-11(2)9-10-18(13-7-8-13)15-6-4-5-14(17)16(15)12(3)19/h4-6,11-13,19H,7-10H2,1-3H3/t12-/m1/s1. The summed E-state index contributed by atoms with van der Waals surface area (Å²) in [5, 5.41) is 9.85. The number of benzene rings is 1. The van der Waals surface area contributed by atoms with E-state index >= 15 is 0 Å². The van der Waals surface area contributed by atoms with Crippen molar-refractivity contribution in [1.82, 2.24) is 0 Å². The Kier molecular flexibility index (Phi) is 4.46. The summed E-state index contributed by atoms with van der Waals surface area (Å²) in [6.45, 7) is 6.97. The molecule has 0 spiro atoms. The van der Waals surface area contributed by atoms with Gasteiger partial charge in [-0.2, -0.15) is 0 Å². The van der Waals surface area contributed by atoms with Gasteiger partial charge in [-0.1, -0.05) is 19.9 Å². The van der Waals surface area contributed by atoms with Crippen LogP contribution in [0.4, 0.5) is 10.1 Å². The van der Waals surface area contributed by atoms with E-state index in [0.717, 1.165) is 18.7 Å². The first-order valence-electron chi connectivity index (χ1n) is 7.23. The fourth-order valence-electron chi connectivity index (χ4n) is 2.47. The Morgan fingerprint density at radius 3 is 2.53 bits per heavy atom. The number of hydrogen-bond acceptors (Lipinski definition) is 2. The molecule has 0 heterocycles. The van der Waals surface area contributed by atoms with E-state index in [1.807, 2.05) is 6.07 Å². The van der Waals surface area contributed by atoms with Crippen molar-refractivity contribution in [3.8, 4) is 0 Å². The van der Waals surface area contributed by atoms with E-state index in [9.17, 15) is 9.50 Å². The monoisotopic (exact) mass is 265 g/mol. The zero-order chi connectivity index (χ0) is 14.0. The van der Waals surface area contributed by atoms with Crippen LogP contribution in [0.1, 0.15) is 51.7 Å². The summed E-state index contributed by atoms with van der Waals surface area (Å²) in [5.41, 5.74) is 1.32. The minimum absolute atomic E-state index is 0.303. The summed E-state index contributed by atoms with van der Waals surface area (Å²) in [7, 11) is 0. The van der Waals surface area contributed by atoms with Gasteiger partial charge >= 0.3 is 0 Å². The normalized spacial score (nSPS) is 16.7. The number of rotatable bonds is 6. The summed E-state index contributed by atoms with van der Waals surface area (Å²) in [6.07, 6.45) is 2.67. The fraction of sp³-hybridized carbons (Fsp3) is 0.625. The second kappa shape index (κ2) is 5.91. The molecule has 0 unspecified atom stereocenters. The number of aliphatic hydroxyl groups is 1. The molecule has 1 aromatic rings. The molecule has 1 N–H and O–H groups in total. The van der Waals surface area contributed by atoms with E-state index in [0.29, 0.717) is 17.5 Å². The molecule has 1 fully saturated rings. The van der Waals surface area contributed by atoms with Gasteiger partial charge in [0, 0.05) is 23.8 Å². The molecule has 2 nitrogen and oxygen atoms in total. The quantitative estimate of drug-likeness (QED) is 0.843. The van der Waals surface area contributed by atoms with Gasteiger partial charge in [0.15, 0.2) is 0 Å². The molecule has 0 amide bonds. The maximum absolute atomic E-state index is 14.0. The Morgan fingerprint density at radius 1 is 1.32 bits per heavy atom. The molecule has 1 atom stereocenters. The van der Waals surface area contributed by atoms with Crippen molar-refractivity contribution >= 4 is 5.69 Å². The van der Waals surface area contributed by atoms with Crippen LogP contribution in [0.2, 0.25) is 0 Å². The van der Waals surface area contributed by atoms with Crippen molar-refractivity contribution in [2.75, 3.05) is 11.4 Å². The van der Waals surface area contributed by atoms with E-state index in [-0.39, 0.29) is 5.82 Å². The summed E-state index contributed by atoms with van der Waals surface area (Å²) >= 11 is 0. The van der Waals surface area contributed by atoms with E-state index < -0.39 is 6.10 Å². The highest BCUT2D eigenvalue weighted by Crippen LogP contribution is 2.37. The van der Waals surface area contributed by atoms with Gasteiger partial charge < -0.3 is 10.0 Å². The third-order valence-electron chi connectivity index (χ3n) is 3.69. The smallest absolute Gasteiger partial charge is 0.131 e. The van der Waals surface area contributed by atoms with Crippen LogP contribution in [0.15, 0.2) is 18.2 Å². The lowest BCUT2D eigenvalue weighted by Crippen LogP contribution is -2.29. The zero-order valence-electron chi connectivity index (χ0n) is 12.1. The Hall–Kier alpha value is -1.09. The molecule has 0 bridgehead atoms. The Balaban J connectivity index is 2.28. The molecule has 0 saturated heterocycles. The molecule has 1 aliphatic rings. The summed E-state index contributed by atoms with van der Waals surface area (Å²) in [4.78, 5) is 2.28. The van der Waals surface area contributed by atoms with Crippen molar-refractivity contribution in [3.63, 3.8) is 0 Å². The highest BCUT2D eigenvalue weighted by atomic mass is 19.1. The van der Waals surface area contributed by atoms with Gasteiger partial charge in [0.2, 0.25) is 0 Å². The van der Waals surface area contributed by atoms with Gasteiger partial charge in [-0.15, -0.1) is 0 Å². The third-order valence-corrected chi connectivity index (χ3v) is 3.69. The van der Waals surface area contributed by atoms with Crippen LogP contribution in [0, 0.1) is 11.7 Å². The van der Waals surface area contributed by atoms with Gasteiger partial charge in [0.1, 0.15) is 5.82 Å². The molecule has 1 aromatic carbocycles. The zero-order valence-corrected chi connectivity index (χ0v) is 12.1.